The standard InChI is InChI=1S/C27H26N4O4/c1-28-26(32)24-15-22(9-10-29-24)35-21-6-4-16-3-5-19(11-17(16)12-21)30-27(33)25-14-18-13-20(34-2)7-8-23(18)31-25/h4,6-10,12-15,19,31H,3,5,11H2,1-2H3,(H,28,32)(H,30,33). The van der Waals surface area contributed by atoms with Crippen LogP contribution in [0.4, 0.5) is 0 Å². The molecule has 5 rings (SSSR count). The van der Waals surface area contributed by atoms with Gasteiger partial charge in [-0.15, -0.1) is 0 Å². The van der Waals surface area contributed by atoms with Gasteiger partial charge in [-0.25, -0.2) is 0 Å². The molecule has 1 aliphatic rings. The number of amides is 2. The Hall–Kier alpha value is -4.33. The van der Waals surface area contributed by atoms with Crippen LogP contribution >= 0.6 is 0 Å². The number of benzene rings is 2. The maximum absolute atomic E-state index is 12.9. The van der Waals surface area contributed by atoms with Crippen LogP contribution in [-0.2, 0) is 12.8 Å². The van der Waals surface area contributed by atoms with Crippen LogP contribution in [0.3, 0.4) is 0 Å². The Morgan fingerprint density at radius 2 is 1.80 bits per heavy atom. The lowest BCUT2D eigenvalue weighted by molar-refractivity contribution is 0.0927. The van der Waals surface area contributed by atoms with Gasteiger partial charge in [0.1, 0.15) is 28.6 Å². The molecule has 8 heteroatoms. The first-order valence-corrected chi connectivity index (χ1v) is 11.5. The molecule has 8 nitrogen and oxygen atoms in total. The topological polar surface area (TPSA) is 105 Å². The molecule has 35 heavy (non-hydrogen) atoms. The number of hydrogen-bond donors (Lipinski definition) is 3. The van der Waals surface area contributed by atoms with Crippen LogP contribution in [0.1, 0.15) is 38.5 Å². The van der Waals surface area contributed by atoms with Crippen molar-refractivity contribution in [1.82, 2.24) is 20.6 Å². The zero-order chi connectivity index (χ0) is 24.4. The summed E-state index contributed by atoms with van der Waals surface area (Å²) in [6, 6.07) is 16.9. The molecule has 2 heterocycles. The Balaban J connectivity index is 1.27. The first-order valence-electron chi connectivity index (χ1n) is 11.5. The van der Waals surface area contributed by atoms with Gasteiger partial charge in [-0.3, -0.25) is 14.6 Å². The van der Waals surface area contributed by atoms with E-state index in [0.717, 1.165) is 35.1 Å². The normalized spacial score (nSPS) is 14.7. The molecule has 0 saturated carbocycles. The molecule has 0 spiro atoms. The molecule has 2 aromatic heterocycles. The van der Waals surface area contributed by atoms with Crippen molar-refractivity contribution in [2.45, 2.75) is 25.3 Å². The lowest BCUT2D eigenvalue weighted by atomic mass is 9.88. The Bertz CT molecular complexity index is 1410. The van der Waals surface area contributed by atoms with Crippen LogP contribution in [0.2, 0.25) is 0 Å². The molecule has 1 aliphatic carbocycles. The highest BCUT2D eigenvalue weighted by atomic mass is 16.5. The zero-order valence-corrected chi connectivity index (χ0v) is 19.6. The molecule has 1 atom stereocenters. The number of carbonyl (C=O) groups is 2. The van der Waals surface area contributed by atoms with Gasteiger partial charge in [0.2, 0.25) is 0 Å². The van der Waals surface area contributed by atoms with Gasteiger partial charge in [0.25, 0.3) is 11.8 Å². The van der Waals surface area contributed by atoms with Crippen molar-refractivity contribution >= 4 is 22.7 Å². The molecule has 2 amide bonds. The Labute approximate surface area is 202 Å². The second-order valence-electron chi connectivity index (χ2n) is 8.54. The van der Waals surface area contributed by atoms with E-state index in [1.54, 1.807) is 32.5 Å². The van der Waals surface area contributed by atoms with E-state index in [1.807, 2.05) is 36.4 Å². The third-order valence-corrected chi connectivity index (χ3v) is 6.24. The van der Waals surface area contributed by atoms with Gasteiger partial charge in [0.05, 0.1) is 7.11 Å². The minimum absolute atomic E-state index is 0.0203. The fraction of sp³-hybridized carbons (Fsp3) is 0.222. The summed E-state index contributed by atoms with van der Waals surface area (Å²) < 4.78 is 11.3. The number of hydrogen-bond acceptors (Lipinski definition) is 5. The van der Waals surface area contributed by atoms with E-state index in [0.29, 0.717) is 29.3 Å². The third-order valence-electron chi connectivity index (χ3n) is 6.24. The summed E-state index contributed by atoms with van der Waals surface area (Å²) >= 11 is 0. The molecule has 178 valence electrons. The maximum atomic E-state index is 12.9. The minimum atomic E-state index is -0.270. The van der Waals surface area contributed by atoms with Crippen molar-refractivity contribution in [1.29, 1.82) is 0 Å². The summed E-state index contributed by atoms with van der Waals surface area (Å²) in [5.41, 5.74) is 4.10. The second-order valence-corrected chi connectivity index (χ2v) is 8.54. The van der Waals surface area contributed by atoms with Crippen LogP contribution in [0, 0.1) is 0 Å². The maximum Gasteiger partial charge on any atom is 0.269 e. The summed E-state index contributed by atoms with van der Waals surface area (Å²) in [6.45, 7) is 0. The molecule has 0 fully saturated rings. The van der Waals surface area contributed by atoms with E-state index in [9.17, 15) is 9.59 Å². The number of rotatable bonds is 6. The van der Waals surface area contributed by atoms with Crippen molar-refractivity contribution in [3.63, 3.8) is 0 Å². The number of aromatic nitrogens is 2. The van der Waals surface area contributed by atoms with Gasteiger partial charge in [0.15, 0.2) is 0 Å². The van der Waals surface area contributed by atoms with Gasteiger partial charge < -0.3 is 25.1 Å². The SMILES string of the molecule is CNC(=O)c1cc(Oc2ccc3c(c2)CC(NC(=O)c2cc4cc(OC)ccc4[nH]2)CC3)ccn1. The first kappa shape index (κ1) is 22.5. The second kappa shape index (κ2) is 9.50. The summed E-state index contributed by atoms with van der Waals surface area (Å²) in [5.74, 6) is 1.57. The molecule has 3 N–H and O–H groups in total. The van der Waals surface area contributed by atoms with E-state index in [-0.39, 0.29) is 17.9 Å². The Morgan fingerprint density at radius 3 is 2.63 bits per heavy atom. The van der Waals surface area contributed by atoms with Crippen LogP contribution in [0.25, 0.3) is 10.9 Å². The van der Waals surface area contributed by atoms with E-state index < -0.39 is 0 Å². The molecule has 1 unspecified atom stereocenters. The minimum Gasteiger partial charge on any atom is -0.497 e. The summed E-state index contributed by atoms with van der Waals surface area (Å²) in [5, 5.41) is 6.66. The number of ether oxygens (including phenoxy) is 2. The zero-order valence-electron chi connectivity index (χ0n) is 19.6. The quantitative estimate of drug-likeness (QED) is 0.395. The first-order chi connectivity index (χ1) is 17.0. The highest BCUT2D eigenvalue weighted by molar-refractivity contribution is 5.98. The number of H-pyrrole nitrogens is 1. The van der Waals surface area contributed by atoms with Crippen LogP contribution in [0.15, 0.2) is 60.8 Å². The van der Waals surface area contributed by atoms with Crippen LogP contribution in [0.5, 0.6) is 17.2 Å². The smallest absolute Gasteiger partial charge is 0.269 e. The van der Waals surface area contributed by atoms with Crippen molar-refractivity contribution in [2.24, 2.45) is 0 Å². The summed E-state index contributed by atoms with van der Waals surface area (Å²) in [6.07, 6.45) is 4.00. The number of carbonyl (C=O) groups excluding carboxylic acids is 2. The number of nitrogens with zero attached hydrogens (tertiary/aromatic N) is 1. The third kappa shape index (κ3) is 4.82. The highest BCUT2D eigenvalue weighted by Gasteiger charge is 2.22. The number of aryl methyl sites for hydroxylation is 1. The largest absolute Gasteiger partial charge is 0.497 e. The fourth-order valence-electron chi connectivity index (χ4n) is 4.41. The lowest BCUT2D eigenvalue weighted by Crippen LogP contribution is -2.39. The van der Waals surface area contributed by atoms with Crippen molar-refractivity contribution in [3.05, 3.63) is 83.3 Å². The molecule has 4 aromatic rings. The average molecular weight is 471 g/mol. The number of aromatic amines is 1. The molecule has 0 radical (unpaired) electrons. The summed E-state index contributed by atoms with van der Waals surface area (Å²) in [7, 11) is 3.18. The molecule has 2 aromatic carbocycles. The van der Waals surface area contributed by atoms with Crippen molar-refractivity contribution in [3.8, 4) is 17.2 Å². The highest BCUT2D eigenvalue weighted by Crippen LogP contribution is 2.29. The molecular weight excluding hydrogens is 444 g/mol. The van der Waals surface area contributed by atoms with Crippen molar-refractivity contribution in [2.75, 3.05) is 14.2 Å². The predicted molar refractivity (Wildman–Crippen MR) is 132 cm³/mol. The van der Waals surface area contributed by atoms with E-state index in [2.05, 4.69) is 26.7 Å². The number of methoxy groups -OCH3 is 1. The van der Waals surface area contributed by atoms with Gasteiger partial charge in [-0.2, -0.15) is 0 Å². The van der Waals surface area contributed by atoms with Gasteiger partial charge in [-0.05, 0) is 72.9 Å². The van der Waals surface area contributed by atoms with E-state index >= 15 is 0 Å². The molecular formula is C27H26N4O4. The lowest BCUT2D eigenvalue weighted by Gasteiger charge is -2.26. The van der Waals surface area contributed by atoms with Crippen LogP contribution < -0.4 is 20.1 Å². The Kier molecular flexibility index (Phi) is 6.10. The number of pyridine rings is 1. The fourth-order valence-corrected chi connectivity index (χ4v) is 4.41. The van der Waals surface area contributed by atoms with Gasteiger partial charge in [0, 0.05) is 36.3 Å². The van der Waals surface area contributed by atoms with Crippen LogP contribution in [-0.4, -0.2) is 42.0 Å². The Morgan fingerprint density at radius 1 is 0.971 bits per heavy atom. The van der Waals surface area contributed by atoms with Gasteiger partial charge in [-0.1, -0.05) is 6.07 Å². The van der Waals surface area contributed by atoms with E-state index in [4.69, 9.17) is 9.47 Å². The van der Waals surface area contributed by atoms with Gasteiger partial charge >= 0.3 is 0 Å². The summed E-state index contributed by atoms with van der Waals surface area (Å²) in [4.78, 5) is 32.0. The number of fused-ring (bicyclic) bond motifs is 2. The monoisotopic (exact) mass is 470 g/mol. The average Bonchev–Trinajstić information content (AvgIpc) is 3.32. The predicted octanol–water partition coefficient (Wildman–Crippen LogP) is 4.01. The number of nitrogens with one attached hydrogen (secondary N) is 3. The molecule has 0 saturated heterocycles. The van der Waals surface area contributed by atoms with Crippen molar-refractivity contribution < 1.29 is 19.1 Å². The van der Waals surface area contributed by atoms with E-state index in [1.165, 1.54) is 5.56 Å². The molecule has 0 bridgehead atoms. The molecule has 0 aliphatic heterocycles.